The first-order chi connectivity index (χ1) is 11.4. The Kier molecular flexibility index (Phi) is 5.18. The number of aliphatic hydroxyl groups is 6. The Balaban J connectivity index is 1.54. The van der Waals surface area contributed by atoms with E-state index < -0.39 is 48.5 Å². The lowest BCUT2D eigenvalue weighted by Crippen LogP contribution is -2.59. The van der Waals surface area contributed by atoms with Crippen molar-refractivity contribution in [2.45, 2.75) is 61.2 Å². The van der Waals surface area contributed by atoms with E-state index in [1.165, 1.54) is 0 Å². The van der Waals surface area contributed by atoms with Crippen LogP contribution in [-0.4, -0.2) is 99.0 Å². The topological polar surface area (TPSA) is 152 Å². The summed E-state index contributed by atoms with van der Waals surface area (Å²) in [5.41, 5.74) is -1.26. The van der Waals surface area contributed by atoms with Crippen LogP contribution in [0.5, 0.6) is 0 Å². The van der Waals surface area contributed by atoms with Crippen LogP contribution in [0.3, 0.4) is 0 Å². The summed E-state index contributed by atoms with van der Waals surface area (Å²) in [4.78, 5) is 0. The van der Waals surface area contributed by atoms with Crippen LogP contribution in [0.2, 0.25) is 0 Å². The molecule has 1 aliphatic carbocycles. The molecule has 3 aliphatic rings. The lowest BCUT2D eigenvalue weighted by molar-refractivity contribution is -0.301. The third-order valence-electron chi connectivity index (χ3n) is 5.75. The van der Waals surface area contributed by atoms with Crippen LogP contribution in [0.25, 0.3) is 0 Å². The van der Waals surface area contributed by atoms with Gasteiger partial charge >= 0.3 is 0 Å². The molecule has 8 atom stereocenters. The Hall–Kier alpha value is -0.360. The molecule has 0 unspecified atom stereocenters. The molecule has 6 N–H and O–H groups in total. The van der Waals surface area contributed by atoms with E-state index in [-0.39, 0.29) is 25.7 Å². The molecule has 9 nitrogen and oxygen atoms in total. The van der Waals surface area contributed by atoms with E-state index in [1.54, 1.807) is 0 Å². The number of ether oxygens (including phenoxy) is 3. The van der Waals surface area contributed by atoms with Crippen LogP contribution < -0.4 is 0 Å². The van der Waals surface area contributed by atoms with Gasteiger partial charge < -0.3 is 44.8 Å². The second-order valence-electron chi connectivity index (χ2n) is 6.88. The summed E-state index contributed by atoms with van der Waals surface area (Å²) in [6.07, 6.45) is -4.60. The molecule has 2 saturated heterocycles. The fourth-order valence-corrected chi connectivity index (χ4v) is 4.16. The highest BCUT2D eigenvalue weighted by molar-refractivity contribution is 5.23. The van der Waals surface area contributed by atoms with Gasteiger partial charge in [-0.05, 0) is 12.8 Å². The highest BCUT2D eigenvalue weighted by Gasteiger charge is 2.75. The highest BCUT2D eigenvalue weighted by Crippen LogP contribution is 2.63. The number of epoxide rings is 1. The molecule has 1 saturated carbocycles. The summed E-state index contributed by atoms with van der Waals surface area (Å²) in [7, 11) is 0. The molecule has 0 aromatic rings. The average molecular weight is 350 g/mol. The van der Waals surface area contributed by atoms with E-state index >= 15 is 0 Å². The first kappa shape index (κ1) is 18.4. The van der Waals surface area contributed by atoms with Crippen molar-refractivity contribution in [2.24, 2.45) is 5.92 Å². The second kappa shape index (κ2) is 6.75. The van der Waals surface area contributed by atoms with Crippen LogP contribution in [0.15, 0.2) is 0 Å². The Morgan fingerprint density at radius 1 is 1.00 bits per heavy atom. The Bertz CT molecular complexity index is 447. The van der Waals surface area contributed by atoms with Crippen molar-refractivity contribution in [3.8, 4) is 0 Å². The molecule has 0 bridgehead atoms. The first-order valence-corrected chi connectivity index (χ1v) is 8.28. The predicted molar refractivity (Wildman–Crippen MR) is 77.8 cm³/mol. The van der Waals surface area contributed by atoms with Crippen molar-refractivity contribution in [1.82, 2.24) is 0 Å². The van der Waals surface area contributed by atoms with E-state index in [0.29, 0.717) is 12.8 Å². The molecule has 2 heterocycles. The number of fused-ring (bicyclic) bond motifs is 1. The van der Waals surface area contributed by atoms with Crippen molar-refractivity contribution in [2.75, 3.05) is 26.4 Å². The molecule has 0 aromatic carbocycles. The van der Waals surface area contributed by atoms with E-state index in [4.69, 9.17) is 19.3 Å². The van der Waals surface area contributed by atoms with Crippen LogP contribution in [0.1, 0.15) is 19.3 Å². The van der Waals surface area contributed by atoms with Crippen LogP contribution in [0, 0.1) is 5.92 Å². The monoisotopic (exact) mass is 350 g/mol. The minimum Gasteiger partial charge on any atom is -0.396 e. The van der Waals surface area contributed by atoms with Gasteiger partial charge in [-0.1, -0.05) is 0 Å². The lowest BCUT2D eigenvalue weighted by atomic mass is 9.88. The molecule has 2 aliphatic heterocycles. The summed E-state index contributed by atoms with van der Waals surface area (Å²) in [5.74, 6) is -0.102. The summed E-state index contributed by atoms with van der Waals surface area (Å²) in [6, 6.07) is 0. The third kappa shape index (κ3) is 2.68. The molecule has 24 heavy (non-hydrogen) atoms. The minimum absolute atomic E-state index is 0.0458. The van der Waals surface area contributed by atoms with Gasteiger partial charge in [0.2, 0.25) is 0 Å². The van der Waals surface area contributed by atoms with Gasteiger partial charge in [-0.3, -0.25) is 0 Å². The Morgan fingerprint density at radius 2 is 1.75 bits per heavy atom. The number of rotatable bonds is 7. The molecule has 3 rings (SSSR count). The Labute approximate surface area is 139 Å². The zero-order valence-electron chi connectivity index (χ0n) is 13.3. The molecule has 0 aromatic heterocycles. The molecule has 3 fully saturated rings. The summed E-state index contributed by atoms with van der Waals surface area (Å²) in [5, 5.41) is 57.5. The van der Waals surface area contributed by atoms with Gasteiger partial charge in [-0.2, -0.15) is 0 Å². The molecule has 0 amide bonds. The second-order valence-corrected chi connectivity index (χ2v) is 6.88. The summed E-state index contributed by atoms with van der Waals surface area (Å²) >= 11 is 0. The molecule has 9 heteroatoms. The van der Waals surface area contributed by atoms with Crippen molar-refractivity contribution in [3.05, 3.63) is 0 Å². The molecule has 0 radical (unpaired) electrons. The van der Waals surface area contributed by atoms with Gasteiger partial charge in [0, 0.05) is 18.9 Å². The fourth-order valence-electron chi connectivity index (χ4n) is 4.16. The molecule has 140 valence electrons. The number of aliphatic hydroxyl groups excluding tert-OH is 6. The maximum atomic E-state index is 9.92. The van der Waals surface area contributed by atoms with E-state index in [0.717, 1.165) is 6.42 Å². The molecular formula is C15H26O9. The molecular weight excluding hydrogens is 324 g/mol. The van der Waals surface area contributed by atoms with Crippen molar-refractivity contribution < 1.29 is 44.8 Å². The van der Waals surface area contributed by atoms with Crippen molar-refractivity contribution >= 4 is 0 Å². The lowest BCUT2D eigenvalue weighted by Gasteiger charge is -2.39. The maximum absolute atomic E-state index is 9.92. The first-order valence-electron chi connectivity index (χ1n) is 8.28. The van der Waals surface area contributed by atoms with Gasteiger partial charge in [0.1, 0.15) is 35.6 Å². The molecule has 0 spiro atoms. The van der Waals surface area contributed by atoms with Gasteiger partial charge in [0.15, 0.2) is 6.29 Å². The third-order valence-corrected chi connectivity index (χ3v) is 5.75. The maximum Gasteiger partial charge on any atom is 0.186 e. The zero-order chi connectivity index (χ0) is 17.5. The summed E-state index contributed by atoms with van der Waals surface area (Å²) in [6.45, 7) is -0.583. The largest absolute Gasteiger partial charge is 0.396 e. The smallest absolute Gasteiger partial charge is 0.186 e. The number of hydrogen-bond donors (Lipinski definition) is 6. The van der Waals surface area contributed by atoms with Gasteiger partial charge in [0.05, 0.1) is 19.8 Å². The van der Waals surface area contributed by atoms with Gasteiger partial charge in [-0.25, -0.2) is 0 Å². The predicted octanol–water partition coefficient (Wildman–Crippen LogP) is -2.90. The quantitative estimate of drug-likeness (QED) is 0.265. The highest BCUT2D eigenvalue weighted by atomic mass is 16.7. The zero-order valence-corrected chi connectivity index (χ0v) is 13.3. The summed E-state index contributed by atoms with van der Waals surface area (Å²) < 4.78 is 16.5. The normalized spacial score (nSPS) is 50.8. The van der Waals surface area contributed by atoms with E-state index in [9.17, 15) is 25.5 Å². The van der Waals surface area contributed by atoms with E-state index in [2.05, 4.69) is 0 Å². The average Bonchev–Trinajstić information content (AvgIpc) is 3.14. The van der Waals surface area contributed by atoms with E-state index in [1.807, 2.05) is 0 Å². The number of hydrogen-bond acceptors (Lipinski definition) is 9. The van der Waals surface area contributed by atoms with Crippen molar-refractivity contribution in [3.63, 3.8) is 0 Å². The van der Waals surface area contributed by atoms with Crippen LogP contribution >= 0.6 is 0 Å². The SMILES string of the molecule is OC[C@H]1CC[C@]2(CCO[C@@H]3O[C@H](CO)[C@@H](O)[C@@H](O)[C@H]3O)O[C@]12CO. The van der Waals surface area contributed by atoms with Crippen LogP contribution in [0.4, 0.5) is 0 Å². The standard InChI is InChI=1S/C15H26O9/c16-5-8-1-2-14(15(8,7-18)24-14)3-4-22-13-12(21)11(20)10(19)9(6-17)23-13/h8-13,16-21H,1-7H2/t8-,9-,10-,11-,12-,13-,14-,15-/m1/s1. The Morgan fingerprint density at radius 3 is 2.38 bits per heavy atom. The van der Waals surface area contributed by atoms with Gasteiger partial charge in [0.25, 0.3) is 0 Å². The minimum atomic E-state index is -1.47. The van der Waals surface area contributed by atoms with Crippen LogP contribution in [-0.2, 0) is 14.2 Å². The fraction of sp³-hybridized carbons (Fsp3) is 1.00. The van der Waals surface area contributed by atoms with Crippen molar-refractivity contribution in [1.29, 1.82) is 0 Å². The van der Waals surface area contributed by atoms with Gasteiger partial charge in [-0.15, -0.1) is 0 Å².